The van der Waals surface area contributed by atoms with Crippen LogP contribution in [0.5, 0.6) is 0 Å². The first kappa shape index (κ1) is 25.3. The third-order valence-electron chi connectivity index (χ3n) is 4.66. The third-order valence-corrected chi connectivity index (χ3v) is 5.80. The number of halogens is 1. The molecule has 0 fully saturated rings. The smallest absolute Gasteiger partial charge is 0.244 e. The molecule has 0 saturated heterocycles. The molecular weight excluding hydrogens is 433 g/mol. The number of sulfonamides is 1. The summed E-state index contributed by atoms with van der Waals surface area (Å²) in [5.41, 5.74) is 0.441. The maximum atomic E-state index is 13.3. The number of hydrogen-bond donors (Lipinski definition) is 1. The summed E-state index contributed by atoms with van der Waals surface area (Å²) in [6, 6.07) is 13.0. The van der Waals surface area contributed by atoms with Gasteiger partial charge in [-0.05, 0) is 57.5 Å². The molecule has 0 aliphatic heterocycles. The molecule has 0 saturated carbocycles. The molecule has 0 aliphatic rings. The number of carbonyl (C=O) groups is 2. The predicted molar refractivity (Wildman–Crippen MR) is 123 cm³/mol. The highest BCUT2D eigenvalue weighted by molar-refractivity contribution is 7.92. The number of rotatable bonds is 8. The van der Waals surface area contributed by atoms with E-state index in [1.165, 1.54) is 29.2 Å². The summed E-state index contributed by atoms with van der Waals surface area (Å²) in [5.74, 6) is -1.35. The van der Waals surface area contributed by atoms with Crippen LogP contribution in [0.3, 0.4) is 0 Å². The largest absolute Gasteiger partial charge is 0.350 e. The van der Waals surface area contributed by atoms with Gasteiger partial charge in [0.1, 0.15) is 18.4 Å². The molecule has 7 nitrogen and oxygen atoms in total. The first-order valence-electron chi connectivity index (χ1n) is 10.2. The number of anilines is 1. The number of nitrogens with zero attached hydrogens (tertiary/aromatic N) is 2. The second-order valence-electron chi connectivity index (χ2n) is 8.67. The zero-order valence-electron chi connectivity index (χ0n) is 19.0. The molecule has 2 amide bonds. The molecule has 9 heteroatoms. The topological polar surface area (TPSA) is 86.8 Å². The Bertz CT molecular complexity index is 1040. The molecule has 2 rings (SSSR count). The summed E-state index contributed by atoms with van der Waals surface area (Å²) in [5, 5.41) is 2.84. The van der Waals surface area contributed by atoms with Crippen LogP contribution >= 0.6 is 0 Å². The maximum absolute atomic E-state index is 13.3. The van der Waals surface area contributed by atoms with E-state index in [4.69, 9.17) is 0 Å². The van der Waals surface area contributed by atoms with Crippen molar-refractivity contribution in [3.8, 4) is 0 Å². The molecule has 1 N–H and O–H groups in total. The van der Waals surface area contributed by atoms with Crippen molar-refractivity contribution in [3.05, 3.63) is 66.0 Å². The zero-order chi connectivity index (χ0) is 24.1. The van der Waals surface area contributed by atoms with Gasteiger partial charge in [-0.2, -0.15) is 0 Å². The van der Waals surface area contributed by atoms with E-state index < -0.39 is 39.9 Å². The second-order valence-corrected chi connectivity index (χ2v) is 10.6. The van der Waals surface area contributed by atoms with Crippen LogP contribution in [0.4, 0.5) is 10.1 Å². The van der Waals surface area contributed by atoms with Gasteiger partial charge in [0, 0.05) is 12.1 Å². The van der Waals surface area contributed by atoms with Crippen molar-refractivity contribution in [1.82, 2.24) is 10.2 Å². The minimum Gasteiger partial charge on any atom is -0.350 e. The van der Waals surface area contributed by atoms with E-state index >= 15 is 0 Å². The van der Waals surface area contributed by atoms with Crippen molar-refractivity contribution < 1.29 is 22.4 Å². The molecule has 0 radical (unpaired) electrons. The first-order valence-corrected chi connectivity index (χ1v) is 12.0. The number of benzene rings is 2. The van der Waals surface area contributed by atoms with Crippen LogP contribution in [0, 0.1) is 5.82 Å². The molecule has 0 aromatic heterocycles. The number of amides is 2. The Morgan fingerprint density at radius 2 is 1.59 bits per heavy atom. The Kier molecular flexibility index (Phi) is 8.01. The minimum atomic E-state index is -3.76. The van der Waals surface area contributed by atoms with Crippen molar-refractivity contribution in [2.45, 2.75) is 45.8 Å². The average Bonchev–Trinajstić information content (AvgIpc) is 2.69. The van der Waals surface area contributed by atoms with E-state index in [-0.39, 0.29) is 12.5 Å². The first-order chi connectivity index (χ1) is 14.8. The Morgan fingerprint density at radius 3 is 2.09 bits per heavy atom. The van der Waals surface area contributed by atoms with E-state index in [9.17, 15) is 22.4 Å². The number of para-hydroxylation sites is 1. The summed E-state index contributed by atoms with van der Waals surface area (Å²) in [6.45, 7) is 6.59. The predicted octanol–water partition coefficient (Wildman–Crippen LogP) is 2.92. The molecule has 0 heterocycles. The van der Waals surface area contributed by atoms with E-state index in [0.717, 1.165) is 10.6 Å². The van der Waals surface area contributed by atoms with Crippen molar-refractivity contribution in [3.63, 3.8) is 0 Å². The molecule has 0 bridgehead atoms. The lowest BCUT2D eigenvalue weighted by Crippen LogP contribution is -2.54. The molecular formula is C23H30FN3O4S. The van der Waals surface area contributed by atoms with E-state index in [1.54, 1.807) is 37.3 Å². The maximum Gasteiger partial charge on any atom is 0.244 e. The Morgan fingerprint density at radius 1 is 1.03 bits per heavy atom. The summed E-state index contributed by atoms with van der Waals surface area (Å²) >= 11 is 0. The lowest BCUT2D eigenvalue weighted by molar-refractivity contribution is -0.140. The summed E-state index contributed by atoms with van der Waals surface area (Å²) in [7, 11) is -3.76. The lowest BCUT2D eigenvalue weighted by Gasteiger charge is -2.33. The standard InChI is InChI=1S/C23H30FN3O4S/c1-17(22(29)25-23(2,3)4)26(15-18-11-13-19(24)14-12-18)21(28)16-27(32(5,30)31)20-9-7-6-8-10-20/h6-14,17H,15-16H2,1-5H3,(H,25,29). The highest BCUT2D eigenvalue weighted by atomic mass is 32.2. The SMILES string of the molecule is CC(C(=O)NC(C)(C)C)N(Cc1ccc(F)cc1)C(=O)CN(c1ccccc1)S(C)(=O)=O. The van der Waals surface area contributed by atoms with Crippen molar-refractivity contribution in [2.75, 3.05) is 17.1 Å². The van der Waals surface area contributed by atoms with E-state index in [2.05, 4.69) is 5.32 Å². The van der Waals surface area contributed by atoms with Gasteiger partial charge in [-0.1, -0.05) is 30.3 Å². The highest BCUT2D eigenvalue weighted by Crippen LogP contribution is 2.19. The van der Waals surface area contributed by atoms with Gasteiger partial charge in [-0.15, -0.1) is 0 Å². The van der Waals surface area contributed by atoms with Crippen LogP contribution in [0.1, 0.15) is 33.3 Å². The number of hydrogen-bond acceptors (Lipinski definition) is 4. The Balaban J connectivity index is 2.36. The molecule has 32 heavy (non-hydrogen) atoms. The van der Waals surface area contributed by atoms with Gasteiger partial charge in [-0.25, -0.2) is 12.8 Å². The van der Waals surface area contributed by atoms with Gasteiger partial charge in [0.2, 0.25) is 21.8 Å². The summed E-state index contributed by atoms with van der Waals surface area (Å²) in [4.78, 5) is 27.4. The molecule has 174 valence electrons. The third kappa shape index (κ3) is 7.33. The lowest BCUT2D eigenvalue weighted by atomic mass is 10.1. The number of carbonyl (C=O) groups excluding carboxylic acids is 2. The molecule has 2 aromatic rings. The van der Waals surface area contributed by atoms with Gasteiger partial charge in [0.25, 0.3) is 0 Å². The molecule has 0 spiro atoms. The molecule has 1 atom stereocenters. The van der Waals surface area contributed by atoms with Crippen LogP contribution in [0.2, 0.25) is 0 Å². The Labute approximate surface area is 189 Å². The fraction of sp³-hybridized carbons (Fsp3) is 0.391. The van der Waals surface area contributed by atoms with Crippen LogP contribution < -0.4 is 9.62 Å². The summed E-state index contributed by atoms with van der Waals surface area (Å²) < 4.78 is 39.2. The normalized spacial score (nSPS) is 12.7. The molecule has 0 aliphatic carbocycles. The number of nitrogens with one attached hydrogen (secondary N) is 1. The molecule has 1 unspecified atom stereocenters. The second kappa shape index (κ2) is 10.1. The van der Waals surface area contributed by atoms with Crippen LogP contribution in [-0.2, 0) is 26.2 Å². The average molecular weight is 464 g/mol. The van der Waals surface area contributed by atoms with Gasteiger partial charge in [0.15, 0.2) is 0 Å². The van der Waals surface area contributed by atoms with Gasteiger partial charge in [-0.3, -0.25) is 13.9 Å². The molecule has 2 aromatic carbocycles. The Hall–Kier alpha value is -2.94. The van der Waals surface area contributed by atoms with Crippen molar-refractivity contribution in [2.24, 2.45) is 0 Å². The van der Waals surface area contributed by atoms with Crippen molar-refractivity contribution >= 4 is 27.5 Å². The van der Waals surface area contributed by atoms with Crippen LogP contribution in [-0.4, -0.2) is 49.5 Å². The highest BCUT2D eigenvalue weighted by Gasteiger charge is 2.31. The van der Waals surface area contributed by atoms with Crippen molar-refractivity contribution in [1.29, 1.82) is 0 Å². The van der Waals surface area contributed by atoms with Gasteiger partial charge in [0.05, 0.1) is 11.9 Å². The fourth-order valence-corrected chi connectivity index (χ4v) is 3.90. The van der Waals surface area contributed by atoms with Crippen LogP contribution in [0.15, 0.2) is 54.6 Å². The van der Waals surface area contributed by atoms with Crippen LogP contribution in [0.25, 0.3) is 0 Å². The minimum absolute atomic E-state index is 0.0181. The zero-order valence-corrected chi connectivity index (χ0v) is 19.8. The van der Waals surface area contributed by atoms with Gasteiger partial charge >= 0.3 is 0 Å². The quantitative estimate of drug-likeness (QED) is 0.652. The summed E-state index contributed by atoms with van der Waals surface area (Å²) in [6.07, 6.45) is 1.02. The monoisotopic (exact) mass is 463 g/mol. The van der Waals surface area contributed by atoms with E-state index in [1.807, 2.05) is 20.8 Å². The van der Waals surface area contributed by atoms with E-state index in [0.29, 0.717) is 11.3 Å². The van der Waals surface area contributed by atoms with Gasteiger partial charge < -0.3 is 10.2 Å². The fourth-order valence-electron chi connectivity index (χ4n) is 3.05.